The van der Waals surface area contributed by atoms with Crippen LogP contribution in [0.15, 0.2) is 24.3 Å². The molecule has 0 saturated heterocycles. The second-order valence-corrected chi connectivity index (χ2v) is 5.66. The largest absolute Gasteiger partial charge is 0.281 e. The molecule has 1 heterocycles. The minimum absolute atomic E-state index is 0.0382. The topological polar surface area (TPSA) is 82.7 Å². The van der Waals surface area contributed by atoms with Crippen LogP contribution in [-0.2, 0) is 11.8 Å². The molecule has 1 aliphatic rings. The summed E-state index contributed by atoms with van der Waals surface area (Å²) in [5.74, 6) is -0.181. The van der Waals surface area contributed by atoms with Gasteiger partial charge in [-0.05, 0) is 37.0 Å². The summed E-state index contributed by atoms with van der Waals surface area (Å²) in [6.07, 6.45) is 0.687. The van der Waals surface area contributed by atoms with Crippen LogP contribution in [0.5, 0.6) is 0 Å². The van der Waals surface area contributed by atoms with Crippen LogP contribution in [-0.4, -0.2) is 15.7 Å². The standard InChI is InChI=1S/C16H16FN5O/c1-9-14(8-18)15(22(2)21-9)19-20-16(23)13-7-12(13)10-4-3-5-11(17)6-10/h3-6,12-13,19H,7H2,1-2H3,(H,20,23). The maximum absolute atomic E-state index is 13.2. The highest BCUT2D eigenvalue weighted by molar-refractivity contribution is 5.84. The lowest BCUT2D eigenvalue weighted by atomic mass is 10.1. The molecule has 1 fully saturated rings. The predicted molar refractivity (Wildman–Crippen MR) is 81.7 cm³/mol. The molecule has 118 valence electrons. The molecule has 23 heavy (non-hydrogen) atoms. The van der Waals surface area contributed by atoms with Crippen molar-refractivity contribution >= 4 is 11.7 Å². The molecule has 1 saturated carbocycles. The fourth-order valence-electron chi connectivity index (χ4n) is 2.74. The van der Waals surface area contributed by atoms with Gasteiger partial charge in [-0.3, -0.25) is 20.3 Å². The Bertz CT molecular complexity index is 807. The van der Waals surface area contributed by atoms with Crippen molar-refractivity contribution in [3.05, 3.63) is 46.9 Å². The number of amides is 1. The van der Waals surface area contributed by atoms with Gasteiger partial charge in [0.05, 0.1) is 5.69 Å². The molecule has 2 atom stereocenters. The van der Waals surface area contributed by atoms with E-state index in [9.17, 15) is 9.18 Å². The zero-order chi connectivity index (χ0) is 16.6. The van der Waals surface area contributed by atoms with Gasteiger partial charge in [-0.25, -0.2) is 4.39 Å². The van der Waals surface area contributed by atoms with Crippen molar-refractivity contribution < 1.29 is 9.18 Å². The Morgan fingerprint density at radius 3 is 3.00 bits per heavy atom. The van der Waals surface area contributed by atoms with Gasteiger partial charge in [-0.15, -0.1) is 0 Å². The average Bonchev–Trinajstić information content (AvgIpc) is 3.26. The number of carbonyl (C=O) groups is 1. The number of hydrogen-bond acceptors (Lipinski definition) is 4. The molecular formula is C16H16FN5O. The van der Waals surface area contributed by atoms with Gasteiger partial charge in [0, 0.05) is 13.0 Å². The summed E-state index contributed by atoms with van der Waals surface area (Å²) >= 11 is 0. The molecule has 0 spiro atoms. The molecular weight excluding hydrogens is 297 g/mol. The number of hydrogen-bond donors (Lipinski definition) is 2. The van der Waals surface area contributed by atoms with E-state index >= 15 is 0 Å². The number of carbonyl (C=O) groups excluding carboxylic acids is 1. The van der Waals surface area contributed by atoms with Crippen molar-refractivity contribution in [3.8, 4) is 6.07 Å². The van der Waals surface area contributed by atoms with E-state index in [1.165, 1.54) is 16.8 Å². The first-order valence-electron chi connectivity index (χ1n) is 7.26. The lowest BCUT2D eigenvalue weighted by molar-refractivity contribution is -0.121. The number of rotatable bonds is 4. The van der Waals surface area contributed by atoms with Crippen LogP contribution in [0.25, 0.3) is 0 Å². The highest BCUT2D eigenvalue weighted by atomic mass is 19.1. The maximum Gasteiger partial charge on any atom is 0.242 e. The van der Waals surface area contributed by atoms with E-state index in [-0.39, 0.29) is 23.6 Å². The van der Waals surface area contributed by atoms with Crippen LogP contribution < -0.4 is 10.9 Å². The van der Waals surface area contributed by atoms with E-state index in [2.05, 4.69) is 22.0 Å². The van der Waals surface area contributed by atoms with Crippen LogP contribution >= 0.6 is 0 Å². The second-order valence-electron chi connectivity index (χ2n) is 5.66. The molecule has 1 aromatic carbocycles. The number of halogens is 1. The second kappa shape index (κ2) is 5.72. The molecule has 1 amide bonds. The minimum atomic E-state index is -0.296. The van der Waals surface area contributed by atoms with Gasteiger partial charge in [0.15, 0.2) is 5.82 Å². The summed E-state index contributed by atoms with van der Waals surface area (Å²) in [6, 6.07) is 8.38. The third-order valence-corrected chi connectivity index (χ3v) is 4.04. The van der Waals surface area contributed by atoms with Crippen molar-refractivity contribution in [2.45, 2.75) is 19.3 Å². The number of benzene rings is 1. The summed E-state index contributed by atoms with van der Waals surface area (Å²) in [6.45, 7) is 1.73. The summed E-state index contributed by atoms with van der Waals surface area (Å²) in [4.78, 5) is 12.2. The van der Waals surface area contributed by atoms with E-state index in [1.807, 2.05) is 6.07 Å². The van der Waals surface area contributed by atoms with E-state index in [4.69, 9.17) is 5.26 Å². The lowest BCUT2D eigenvalue weighted by Crippen LogP contribution is -2.32. The van der Waals surface area contributed by atoms with E-state index in [1.54, 1.807) is 20.0 Å². The van der Waals surface area contributed by atoms with E-state index in [0.717, 1.165) is 5.56 Å². The highest BCUT2D eigenvalue weighted by Gasteiger charge is 2.44. The Balaban J connectivity index is 1.63. The summed E-state index contributed by atoms with van der Waals surface area (Å²) in [5, 5.41) is 13.3. The molecule has 2 aromatic rings. The Morgan fingerprint density at radius 1 is 1.52 bits per heavy atom. The number of anilines is 1. The quantitative estimate of drug-likeness (QED) is 0.846. The van der Waals surface area contributed by atoms with Gasteiger partial charge in [-0.2, -0.15) is 10.4 Å². The first-order chi connectivity index (χ1) is 11.0. The number of aryl methyl sites for hydroxylation is 2. The van der Waals surface area contributed by atoms with Gasteiger partial charge in [0.25, 0.3) is 0 Å². The monoisotopic (exact) mass is 313 g/mol. The summed E-state index contributed by atoms with van der Waals surface area (Å²) in [7, 11) is 1.69. The number of hydrazine groups is 1. The van der Waals surface area contributed by atoms with Crippen molar-refractivity contribution in [1.82, 2.24) is 15.2 Å². The zero-order valence-corrected chi connectivity index (χ0v) is 12.8. The Labute approximate surface area is 132 Å². The van der Waals surface area contributed by atoms with Gasteiger partial charge in [0.1, 0.15) is 17.4 Å². The number of aromatic nitrogens is 2. The molecule has 2 unspecified atom stereocenters. The summed E-state index contributed by atoms with van der Waals surface area (Å²) in [5.41, 5.74) is 7.19. The molecule has 0 bridgehead atoms. The molecule has 6 nitrogen and oxygen atoms in total. The third-order valence-electron chi connectivity index (χ3n) is 4.04. The number of nitrogens with zero attached hydrogens (tertiary/aromatic N) is 3. The van der Waals surface area contributed by atoms with Crippen LogP contribution in [0.1, 0.15) is 29.2 Å². The number of nitrogens with one attached hydrogen (secondary N) is 2. The van der Waals surface area contributed by atoms with Gasteiger partial charge >= 0.3 is 0 Å². The van der Waals surface area contributed by atoms with Crippen LogP contribution in [0.3, 0.4) is 0 Å². The first kappa shape index (κ1) is 15.0. The SMILES string of the molecule is Cc1nn(C)c(NNC(=O)C2CC2c2cccc(F)c2)c1C#N. The van der Waals surface area contributed by atoms with Crippen molar-refractivity contribution in [1.29, 1.82) is 5.26 Å². The Kier molecular flexibility index (Phi) is 3.74. The van der Waals surface area contributed by atoms with Crippen LogP contribution in [0.2, 0.25) is 0 Å². The minimum Gasteiger partial charge on any atom is -0.281 e. The van der Waals surface area contributed by atoms with E-state index in [0.29, 0.717) is 23.5 Å². The molecule has 0 aliphatic heterocycles. The highest BCUT2D eigenvalue weighted by Crippen LogP contribution is 2.47. The normalized spacial score (nSPS) is 19.0. The molecule has 3 rings (SSSR count). The lowest BCUT2D eigenvalue weighted by Gasteiger charge is -2.09. The van der Waals surface area contributed by atoms with Crippen molar-refractivity contribution in [2.75, 3.05) is 5.43 Å². The van der Waals surface area contributed by atoms with Crippen molar-refractivity contribution in [3.63, 3.8) is 0 Å². The predicted octanol–water partition coefficient (Wildman–Crippen LogP) is 1.99. The smallest absolute Gasteiger partial charge is 0.242 e. The van der Waals surface area contributed by atoms with Gasteiger partial charge < -0.3 is 0 Å². The van der Waals surface area contributed by atoms with Crippen LogP contribution in [0, 0.1) is 30.0 Å². The fourth-order valence-corrected chi connectivity index (χ4v) is 2.74. The van der Waals surface area contributed by atoms with E-state index < -0.39 is 0 Å². The molecule has 7 heteroatoms. The first-order valence-corrected chi connectivity index (χ1v) is 7.26. The summed E-state index contributed by atoms with van der Waals surface area (Å²) < 4.78 is 14.7. The molecule has 1 aliphatic carbocycles. The maximum atomic E-state index is 13.2. The van der Waals surface area contributed by atoms with Gasteiger partial charge in [0.2, 0.25) is 5.91 Å². The number of nitriles is 1. The van der Waals surface area contributed by atoms with Crippen LogP contribution in [0.4, 0.5) is 10.2 Å². The van der Waals surface area contributed by atoms with Gasteiger partial charge in [-0.1, -0.05) is 12.1 Å². The molecule has 0 radical (unpaired) electrons. The molecule has 1 aromatic heterocycles. The average molecular weight is 313 g/mol. The Morgan fingerprint density at radius 2 is 2.30 bits per heavy atom. The third kappa shape index (κ3) is 2.88. The fraction of sp³-hybridized carbons (Fsp3) is 0.312. The zero-order valence-electron chi connectivity index (χ0n) is 12.8. The van der Waals surface area contributed by atoms with Crippen molar-refractivity contribution in [2.24, 2.45) is 13.0 Å². The molecule has 2 N–H and O–H groups in total. The Hall–Kier alpha value is -2.88.